The normalized spacial score (nSPS) is 12.5. The molecular weight excluding hydrogens is 192 g/mol. The smallest absolute Gasteiger partial charge is 0.242 e. The van der Waals surface area contributed by atoms with Crippen LogP contribution in [0, 0.1) is 0 Å². The van der Waals surface area contributed by atoms with Crippen LogP contribution >= 0.6 is 0 Å². The number of amides is 1. The van der Waals surface area contributed by atoms with E-state index in [1.807, 2.05) is 19.9 Å². The molecular formula is C10H18N4O. The average molecular weight is 210 g/mol. The third kappa shape index (κ3) is 3.36. The lowest BCUT2D eigenvalue weighted by molar-refractivity contribution is -0.117. The van der Waals surface area contributed by atoms with Gasteiger partial charge in [-0.3, -0.25) is 9.89 Å². The van der Waals surface area contributed by atoms with E-state index in [1.165, 1.54) is 0 Å². The summed E-state index contributed by atoms with van der Waals surface area (Å²) in [4.78, 5) is 11.5. The van der Waals surface area contributed by atoms with Crippen molar-refractivity contribution < 1.29 is 4.79 Å². The lowest BCUT2D eigenvalue weighted by atomic mass is 10.2. The van der Waals surface area contributed by atoms with Gasteiger partial charge in [-0.25, -0.2) is 0 Å². The summed E-state index contributed by atoms with van der Waals surface area (Å²) < 4.78 is 0. The maximum Gasteiger partial charge on any atom is 0.242 e. The molecule has 5 heteroatoms. The van der Waals surface area contributed by atoms with Crippen LogP contribution in [0.25, 0.3) is 0 Å². The number of nitrogens with zero attached hydrogens (tertiary/aromatic N) is 1. The second-order valence-corrected chi connectivity index (χ2v) is 3.52. The molecule has 0 saturated carbocycles. The van der Waals surface area contributed by atoms with Gasteiger partial charge in [-0.1, -0.05) is 20.3 Å². The molecule has 0 unspecified atom stereocenters. The first-order valence-corrected chi connectivity index (χ1v) is 5.28. The molecule has 1 aromatic heterocycles. The Kier molecular flexibility index (Phi) is 4.30. The third-order valence-corrected chi connectivity index (χ3v) is 2.20. The summed E-state index contributed by atoms with van der Waals surface area (Å²) >= 11 is 0. The first-order chi connectivity index (χ1) is 7.17. The van der Waals surface area contributed by atoms with Crippen LogP contribution < -0.4 is 11.1 Å². The van der Waals surface area contributed by atoms with E-state index < -0.39 is 6.04 Å². The van der Waals surface area contributed by atoms with Crippen LogP contribution in [0.2, 0.25) is 0 Å². The molecule has 0 radical (unpaired) electrons. The highest BCUT2D eigenvalue weighted by molar-refractivity contribution is 5.93. The molecule has 0 fully saturated rings. The predicted molar refractivity (Wildman–Crippen MR) is 59.5 cm³/mol. The molecule has 0 aliphatic carbocycles. The second kappa shape index (κ2) is 5.50. The van der Waals surface area contributed by atoms with Crippen LogP contribution in [-0.2, 0) is 11.2 Å². The van der Waals surface area contributed by atoms with Crippen molar-refractivity contribution in [2.24, 2.45) is 5.73 Å². The molecule has 1 amide bonds. The van der Waals surface area contributed by atoms with Gasteiger partial charge in [0.1, 0.15) is 0 Å². The number of nitrogens with one attached hydrogen (secondary N) is 2. The lowest BCUT2D eigenvalue weighted by Gasteiger charge is -2.08. The number of rotatable bonds is 5. The van der Waals surface area contributed by atoms with Gasteiger partial charge in [0.05, 0.1) is 6.04 Å². The monoisotopic (exact) mass is 210 g/mol. The zero-order chi connectivity index (χ0) is 11.3. The highest BCUT2D eigenvalue weighted by Gasteiger charge is 2.13. The van der Waals surface area contributed by atoms with E-state index in [0.717, 1.165) is 18.5 Å². The minimum Gasteiger partial charge on any atom is -0.320 e. The molecule has 1 atom stereocenters. The lowest BCUT2D eigenvalue weighted by Crippen LogP contribution is -2.35. The van der Waals surface area contributed by atoms with Crippen molar-refractivity contribution in [3.05, 3.63) is 11.8 Å². The van der Waals surface area contributed by atoms with Crippen LogP contribution in [0.3, 0.4) is 0 Å². The van der Waals surface area contributed by atoms with Gasteiger partial charge in [0.2, 0.25) is 5.91 Å². The Labute approximate surface area is 89.4 Å². The predicted octanol–water partition coefficient (Wildman–Crippen LogP) is 1.04. The molecule has 0 aromatic carbocycles. The van der Waals surface area contributed by atoms with E-state index in [9.17, 15) is 4.79 Å². The first kappa shape index (κ1) is 11.7. The molecule has 1 aromatic rings. The van der Waals surface area contributed by atoms with Gasteiger partial charge in [-0.05, 0) is 12.8 Å². The fourth-order valence-corrected chi connectivity index (χ4v) is 1.27. The van der Waals surface area contributed by atoms with Crippen molar-refractivity contribution >= 4 is 11.7 Å². The Balaban J connectivity index is 2.50. The number of aromatic nitrogens is 2. The Morgan fingerprint density at radius 2 is 2.40 bits per heavy atom. The third-order valence-electron chi connectivity index (χ3n) is 2.20. The minimum absolute atomic E-state index is 0.175. The molecule has 1 rings (SSSR count). The summed E-state index contributed by atoms with van der Waals surface area (Å²) in [5.74, 6) is 0.370. The van der Waals surface area contributed by atoms with E-state index in [-0.39, 0.29) is 5.91 Å². The molecule has 0 saturated heterocycles. The van der Waals surface area contributed by atoms with Gasteiger partial charge in [-0.15, -0.1) is 0 Å². The van der Waals surface area contributed by atoms with Crippen LogP contribution in [0.4, 0.5) is 5.82 Å². The van der Waals surface area contributed by atoms with Gasteiger partial charge in [0.15, 0.2) is 5.82 Å². The fourth-order valence-electron chi connectivity index (χ4n) is 1.27. The highest BCUT2D eigenvalue weighted by Crippen LogP contribution is 2.06. The van der Waals surface area contributed by atoms with Crippen molar-refractivity contribution in [3.8, 4) is 0 Å². The van der Waals surface area contributed by atoms with Crippen molar-refractivity contribution in [3.63, 3.8) is 0 Å². The Bertz CT molecular complexity index is 321. The van der Waals surface area contributed by atoms with E-state index in [4.69, 9.17) is 5.73 Å². The molecule has 15 heavy (non-hydrogen) atoms. The maximum absolute atomic E-state index is 11.5. The fraction of sp³-hybridized carbons (Fsp3) is 0.600. The SMILES string of the molecule is CCC[C@H](N)C(=O)Nc1cc(CC)[nH]n1. The molecule has 5 nitrogen and oxygen atoms in total. The molecule has 0 spiro atoms. The van der Waals surface area contributed by atoms with Gasteiger partial charge in [-0.2, -0.15) is 5.10 Å². The standard InChI is InChI=1S/C10H18N4O/c1-3-5-8(11)10(15)12-9-6-7(4-2)13-14-9/h6,8H,3-5,11H2,1-2H3,(H2,12,13,14,15)/t8-/m0/s1. The zero-order valence-corrected chi connectivity index (χ0v) is 9.21. The molecule has 1 heterocycles. The number of aryl methyl sites for hydroxylation is 1. The van der Waals surface area contributed by atoms with Crippen LogP contribution in [0.5, 0.6) is 0 Å². The number of hydrogen-bond donors (Lipinski definition) is 3. The molecule has 84 valence electrons. The average Bonchev–Trinajstić information content (AvgIpc) is 2.66. The number of nitrogens with two attached hydrogens (primary N) is 1. The second-order valence-electron chi connectivity index (χ2n) is 3.52. The van der Waals surface area contributed by atoms with Gasteiger partial charge < -0.3 is 11.1 Å². The summed E-state index contributed by atoms with van der Waals surface area (Å²) in [6.45, 7) is 4.01. The summed E-state index contributed by atoms with van der Waals surface area (Å²) in [5, 5.41) is 9.46. The Morgan fingerprint density at radius 3 is 2.93 bits per heavy atom. The Morgan fingerprint density at radius 1 is 1.67 bits per heavy atom. The molecule has 0 bridgehead atoms. The van der Waals surface area contributed by atoms with E-state index in [2.05, 4.69) is 15.5 Å². The summed E-state index contributed by atoms with van der Waals surface area (Å²) in [5.41, 5.74) is 6.66. The van der Waals surface area contributed by atoms with Crippen molar-refractivity contribution in [1.82, 2.24) is 10.2 Å². The van der Waals surface area contributed by atoms with Crippen molar-refractivity contribution in [1.29, 1.82) is 0 Å². The number of carbonyl (C=O) groups is 1. The van der Waals surface area contributed by atoms with Crippen LogP contribution in [-0.4, -0.2) is 22.1 Å². The first-order valence-electron chi connectivity index (χ1n) is 5.28. The number of aromatic amines is 1. The maximum atomic E-state index is 11.5. The van der Waals surface area contributed by atoms with E-state index >= 15 is 0 Å². The molecule has 4 N–H and O–H groups in total. The van der Waals surface area contributed by atoms with E-state index in [1.54, 1.807) is 0 Å². The van der Waals surface area contributed by atoms with E-state index in [0.29, 0.717) is 12.2 Å². The summed E-state index contributed by atoms with van der Waals surface area (Å²) in [6.07, 6.45) is 2.45. The zero-order valence-electron chi connectivity index (χ0n) is 9.21. The Hall–Kier alpha value is -1.36. The van der Waals surface area contributed by atoms with Crippen LogP contribution in [0.15, 0.2) is 6.07 Å². The van der Waals surface area contributed by atoms with Crippen molar-refractivity contribution in [2.75, 3.05) is 5.32 Å². The van der Waals surface area contributed by atoms with Crippen molar-refractivity contribution in [2.45, 2.75) is 39.2 Å². The largest absolute Gasteiger partial charge is 0.320 e. The molecule has 0 aliphatic rings. The number of anilines is 1. The van der Waals surface area contributed by atoms with Gasteiger partial charge in [0, 0.05) is 11.8 Å². The van der Waals surface area contributed by atoms with Gasteiger partial charge >= 0.3 is 0 Å². The van der Waals surface area contributed by atoms with Crippen LogP contribution in [0.1, 0.15) is 32.4 Å². The highest BCUT2D eigenvalue weighted by atomic mass is 16.2. The number of carbonyl (C=O) groups excluding carboxylic acids is 1. The van der Waals surface area contributed by atoms with Gasteiger partial charge in [0.25, 0.3) is 0 Å². The quantitative estimate of drug-likeness (QED) is 0.679. The summed E-state index contributed by atoms with van der Waals surface area (Å²) in [7, 11) is 0. The number of H-pyrrole nitrogens is 1. The topological polar surface area (TPSA) is 83.8 Å². The minimum atomic E-state index is -0.447. The molecule has 0 aliphatic heterocycles. The number of hydrogen-bond acceptors (Lipinski definition) is 3. The summed E-state index contributed by atoms with van der Waals surface area (Å²) in [6, 6.07) is 1.37.